The second kappa shape index (κ2) is 8.61. The van der Waals surface area contributed by atoms with Gasteiger partial charge in [0.15, 0.2) is 0 Å². The van der Waals surface area contributed by atoms with Crippen molar-refractivity contribution in [2.24, 2.45) is 0 Å². The van der Waals surface area contributed by atoms with Crippen LogP contribution in [0.2, 0.25) is 32.7 Å². The van der Waals surface area contributed by atoms with E-state index in [2.05, 4.69) is 32.7 Å². The van der Waals surface area contributed by atoms with Crippen molar-refractivity contribution < 1.29 is 13.3 Å². The van der Waals surface area contributed by atoms with Gasteiger partial charge in [0, 0.05) is 0 Å². The van der Waals surface area contributed by atoms with E-state index in [0.717, 1.165) is 17.2 Å². The molecular formula is C23H30O3Si3. The Morgan fingerprint density at radius 3 is 1.00 bits per heavy atom. The van der Waals surface area contributed by atoms with Crippen LogP contribution in [0.4, 0.5) is 0 Å². The zero-order valence-electron chi connectivity index (χ0n) is 17.9. The van der Waals surface area contributed by atoms with Crippen LogP contribution in [0.25, 0.3) is 0 Å². The fourth-order valence-electron chi connectivity index (χ4n) is 3.46. The second-order valence-corrected chi connectivity index (χ2v) is 31.5. The van der Waals surface area contributed by atoms with Crippen LogP contribution in [0.3, 0.4) is 0 Å². The maximum atomic E-state index is 6.89. The summed E-state index contributed by atoms with van der Waals surface area (Å²) in [4.78, 5) is 0. The molecule has 0 radical (unpaired) electrons. The summed E-state index contributed by atoms with van der Waals surface area (Å²) < 4.78 is 20.3. The summed E-state index contributed by atoms with van der Waals surface area (Å²) >= 11 is 0. The summed E-state index contributed by atoms with van der Waals surface area (Å²) in [5, 5.41) is 0. The van der Waals surface area contributed by atoms with Crippen molar-refractivity contribution in [2.75, 3.05) is 0 Å². The molecule has 0 saturated carbocycles. The first-order valence-electron chi connectivity index (χ1n) is 9.96. The van der Waals surface area contributed by atoms with Crippen LogP contribution in [0.1, 0.15) is 0 Å². The number of para-hydroxylation sites is 3. The van der Waals surface area contributed by atoms with Gasteiger partial charge in [-0.3, -0.25) is 0 Å². The van der Waals surface area contributed by atoms with Gasteiger partial charge in [-0.15, -0.1) is 0 Å². The predicted octanol–water partition coefficient (Wildman–Crippen LogP) is 6.37. The Kier molecular flexibility index (Phi) is 6.36. The predicted molar refractivity (Wildman–Crippen MR) is 128 cm³/mol. The minimum Gasteiger partial charge on any atom is -0.543 e. The van der Waals surface area contributed by atoms with Gasteiger partial charge >= 0.3 is 7.35 Å². The molecule has 3 nitrogen and oxygen atoms in total. The molecule has 6 heteroatoms. The van der Waals surface area contributed by atoms with E-state index in [9.17, 15) is 0 Å². The summed E-state index contributed by atoms with van der Waals surface area (Å²) in [7, 11) is -7.11. The zero-order valence-corrected chi connectivity index (χ0v) is 20.9. The third kappa shape index (κ3) is 4.83. The van der Waals surface area contributed by atoms with Gasteiger partial charge in [-0.1, -0.05) is 54.6 Å². The number of hydrogen-bond acceptors (Lipinski definition) is 3. The molecule has 0 atom stereocenters. The lowest BCUT2D eigenvalue weighted by atomic mass is 10.3. The van der Waals surface area contributed by atoms with Crippen molar-refractivity contribution in [3.8, 4) is 17.2 Å². The molecular weight excluding hydrogens is 409 g/mol. The molecule has 0 N–H and O–H groups in total. The normalized spacial score (nSPS) is 12.3. The highest BCUT2D eigenvalue weighted by Gasteiger charge is 2.66. The van der Waals surface area contributed by atoms with Crippen LogP contribution in [-0.2, 0) is 0 Å². The Labute approximate surface area is 177 Å². The van der Waals surface area contributed by atoms with Crippen LogP contribution in [-0.4, -0.2) is 23.0 Å². The number of rotatable bonds is 8. The number of benzene rings is 3. The highest BCUT2D eigenvalue weighted by atomic mass is 29.7. The van der Waals surface area contributed by atoms with Gasteiger partial charge < -0.3 is 13.3 Å². The van der Waals surface area contributed by atoms with Crippen molar-refractivity contribution in [3.63, 3.8) is 0 Å². The Hall–Kier alpha value is -2.29. The summed E-state index contributed by atoms with van der Waals surface area (Å²) in [5.74, 6) is 2.71. The smallest absolute Gasteiger partial charge is 0.305 e. The van der Waals surface area contributed by atoms with E-state index in [1.807, 2.05) is 91.0 Å². The minimum absolute atomic E-state index is 0.899. The molecule has 29 heavy (non-hydrogen) atoms. The zero-order chi connectivity index (χ0) is 21.0. The third-order valence-electron chi connectivity index (χ3n) is 5.60. The van der Waals surface area contributed by atoms with Crippen LogP contribution in [0.5, 0.6) is 17.2 Å². The highest BCUT2D eigenvalue weighted by molar-refractivity contribution is 7.64. The van der Waals surface area contributed by atoms with Gasteiger partial charge in [0.2, 0.25) is 0 Å². The lowest BCUT2D eigenvalue weighted by molar-refractivity contribution is 0.509. The molecule has 0 aromatic heterocycles. The van der Waals surface area contributed by atoms with E-state index in [1.165, 1.54) is 0 Å². The molecule has 0 amide bonds. The van der Waals surface area contributed by atoms with Gasteiger partial charge in [-0.25, -0.2) is 0 Å². The lowest BCUT2D eigenvalue weighted by Crippen LogP contribution is -2.80. The van der Waals surface area contributed by atoms with Crippen molar-refractivity contribution >= 4 is 23.0 Å². The SMILES string of the molecule is C[Si](C)(Oc1ccccc1)[Si](C)(Oc1ccccc1)[Si](C)(C)Oc1ccccc1. The molecule has 3 aromatic carbocycles. The quantitative estimate of drug-likeness (QED) is 0.383. The Bertz CT molecular complexity index is 847. The highest BCUT2D eigenvalue weighted by Crippen LogP contribution is 2.35. The molecule has 0 bridgehead atoms. The summed E-state index contributed by atoms with van der Waals surface area (Å²) in [6, 6.07) is 30.3. The van der Waals surface area contributed by atoms with Crippen LogP contribution < -0.4 is 13.3 Å². The standard InChI is InChI=1S/C23H30O3Si3/c1-27(2,24-21-15-9-6-10-16-21)29(5,26-23-19-13-8-14-20-23)28(3,4)25-22-17-11-7-12-18-22/h6-20H,1-5H3. The maximum absolute atomic E-state index is 6.89. The second-order valence-electron chi connectivity index (χ2n) is 8.30. The van der Waals surface area contributed by atoms with Crippen molar-refractivity contribution in [1.82, 2.24) is 0 Å². The first-order valence-corrected chi connectivity index (χ1v) is 20.2. The average molecular weight is 439 g/mol. The van der Waals surface area contributed by atoms with Gasteiger partial charge in [0.25, 0.3) is 15.7 Å². The van der Waals surface area contributed by atoms with Gasteiger partial charge in [0.05, 0.1) is 0 Å². The fraction of sp³-hybridized carbons (Fsp3) is 0.217. The molecule has 152 valence electrons. The van der Waals surface area contributed by atoms with E-state index < -0.39 is 23.0 Å². The minimum atomic E-state index is -2.48. The first-order chi connectivity index (χ1) is 13.7. The average Bonchev–Trinajstić information content (AvgIpc) is 2.69. The van der Waals surface area contributed by atoms with Gasteiger partial charge in [0.1, 0.15) is 17.2 Å². The molecule has 0 unspecified atom stereocenters. The molecule has 0 fully saturated rings. The molecule has 3 aromatic rings. The lowest BCUT2D eigenvalue weighted by Gasteiger charge is -2.47. The molecule has 3 rings (SSSR count). The van der Waals surface area contributed by atoms with Gasteiger partial charge in [-0.05, 0) is 69.1 Å². The monoisotopic (exact) mass is 438 g/mol. The van der Waals surface area contributed by atoms with Crippen molar-refractivity contribution in [1.29, 1.82) is 0 Å². The fourth-order valence-corrected chi connectivity index (χ4v) is 30.2. The molecule has 0 heterocycles. The summed E-state index contributed by atoms with van der Waals surface area (Å²) in [5.41, 5.74) is 0. The van der Waals surface area contributed by atoms with Gasteiger partial charge in [-0.2, -0.15) is 0 Å². The van der Waals surface area contributed by atoms with E-state index in [0.29, 0.717) is 0 Å². The van der Waals surface area contributed by atoms with E-state index in [4.69, 9.17) is 13.3 Å². The molecule has 0 aliphatic carbocycles. The van der Waals surface area contributed by atoms with Crippen molar-refractivity contribution in [3.05, 3.63) is 91.0 Å². The molecule has 0 spiro atoms. The van der Waals surface area contributed by atoms with Crippen LogP contribution in [0, 0.1) is 0 Å². The van der Waals surface area contributed by atoms with Crippen LogP contribution >= 0.6 is 0 Å². The van der Waals surface area contributed by atoms with Crippen LogP contribution in [0.15, 0.2) is 91.0 Å². The summed E-state index contributed by atoms with van der Waals surface area (Å²) in [6.45, 7) is 11.4. The van der Waals surface area contributed by atoms with E-state index in [1.54, 1.807) is 0 Å². The topological polar surface area (TPSA) is 27.7 Å². The molecule has 0 aliphatic rings. The van der Waals surface area contributed by atoms with Crippen molar-refractivity contribution in [2.45, 2.75) is 32.7 Å². The molecule has 0 aliphatic heterocycles. The largest absolute Gasteiger partial charge is 0.543 e. The molecule has 0 saturated heterocycles. The first kappa shape index (κ1) is 21.4. The maximum Gasteiger partial charge on any atom is 0.305 e. The Morgan fingerprint density at radius 1 is 0.414 bits per heavy atom. The van der Waals surface area contributed by atoms with E-state index in [-0.39, 0.29) is 0 Å². The summed E-state index contributed by atoms with van der Waals surface area (Å²) in [6.07, 6.45) is 0. The third-order valence-corrected chi connectivity index (χ3v) is 38.2. The Morgan fingerprint density at radius 2 is 0.690 bits per heavy atom. The van der Waals surface area contributed by atoms with E-state index >= 15 is 0 Å². The number of hydrogen-bond donors (Lipinski definition) is 0. The Balaban J connectivity index is 2.00.